The third-order valence-corrected chi connectivity index (χ3v) is 3.05. The molecule has 1 aromatic rings. The second-order valence-corrected chi connectivity index (χ2v) is 4.44. The van der Waals surface area contributed by atoms with E-state index in [9.17, 15) is 9.59 Å². The molecule has 0 radical (unpaired) electrons. The van der Waals surface area contributed by atoms with Gasteiger partial charge in [0, 0.05) is 12.8 Å². The van der Waals surface area contributed by atoms with Crippen molar-refractivity contribution in [3.63, 3.8) is 0 Å². The highest BCUT2D eigenvalue weighted by atomic mass is 16.5. The van der Waals surface area contributed by atoms with Gasteiger partial charge in [-0.25, -0.2) is 0 Å². The number of aryl methyl sites for hydroxylation is 1. The van der Waals surface area contributed by atoms with Crippen molar-refractivity contribution in [2.75, 3.05) is 20.3 Å². The molecule has 1 aromatic carbocycles. The van der Waals surface area contributed by atoms with Gasteiger partial charge in [0.25, 0.3) is 0 Å². The molecule has 5 nitrogen and oxygen atoms in total. The highest BCUT2D eigenvalue weighted by molar-refractivity contribution is 6.01. The van der Waals surface area contributed by atoms with Gasteiger partial charge >= 0.3 is 0 Å². The molecule has 2 amide bonds. The van der Waals surface area contributed by atoms with Gasteiger partial charge in [-0.2, -0.15) is 0 Å². The number of rotatable bonds is 5. The summed E-state index contributed by atoms with van der Waals surface area (Å²) in [5.74, 6) is 1.03. The molecule has 1 aliphatic heterocycles. The lowest BCUT2D eigenvalue weighted by Gasteiger charge is -2.15. The van der Waals surface area contributed by atoms with Crippen LogP contribution in [0.4, 0.5) is 0 Å². The molecule has 0 atom stereocenters. The maximum Gasteiger partial charge on any atom is 0.229 e. The van der Waals surface area contributed by atoms with Crippen LogP contribution >= 0.6 is 0 Å². The number of likely N-dealkylation sites (tertiary alicyclic amines) is 1. The number of benzene rings is 1. The van der Waals surface area contributed by atoms with Crippen molar-refractivity contribution in [3.8, 4) is 11.5 Å². The molecule has 0 bridgehead atoms. The van der Waals surface area contributed by atoms with Crippen LogP contribution in [0.3, 0.4) is 0 Å². The average Bonchev–Trinajstić information content (AvgIpc) is 2.71. The molecule has 0 N–H and O–H groups in total. The van der Waals surface area contributed by atoms with Crippen molar-refractivity contribution in [1.82, 2.24) is 4.90 Å². The lowest BCUT2D eigenvalue weighted by molar-refractivity contribution is -0.138. The van der Waals surface area contributed by atoms with Gasteiger partial charge in [-0.3, -0.25) is 14.5 Å². The smallest absolute Gasteiger partial charge is 0.229 e. The van der Waals surface area contributed by atoms with Crippen molar-refractivity contribution in [2.24, 2.45) is 0 Å². The predicted octanol–water partition coefficient (Wildman–Crippen LogP) is 1.53. The van der Waals surface area contributed by atoms with Gasteiger partial charge in [0.05, 0.1) is 13.7 Å². The van der Waals surface area contributed by atoms with Gasteiger partial charge in [-0.15, -0.1) is 0 Å². The molecule has 1 heterocycles. The van der Waals surface area contributed by atoms with Crippen molar-refractivity contribution < 1.29 is 19.1 Å². The Hall–Kier alpha value is -2.04. The lowest BCUT2D eigenvalue weighted by Crippen LogP contribution is -2.33. The number of hydrogen-bond acceptors (Lipinski definition) is 4. The standard InChI is InChI=1S/C14H17NO4/c1-10-3-4-11(12(9-10)18-2)19-8-7-15-13(16)5-6-14(15)17/h3-4,9H,5-8H2,1-2H3. The number of nitrogens with zero attached hydrogens (tertiary/aromatic N) is 1. The largest absolute Gasteiger partial charge is 0.493 e. The van der Waals surface area contributed by atoms with E-state index in [-0.39, 0.29) is 25.0 Å². The Morgan fingerprint density at radius 1 is 1.16 bits per heavy atom. The quantitative estimate of drug-likeness (QED) is 0.756. The second kappa shape index (κ2) is 5.73. The summed E-state index contributed by atoms with van der Waals surface area (Å²) in [6.45, 7) is 2.53. The number of ether oxygens (including phenoxy) is 2. The van der Waals surface area contributed by atoms with E-state index in [2.05, 4.69) is 0 Å². The van der Waals surface area contributed by atoms with Crippen LogP contribution in [0.25, 0.3) is 0 Å². The zero-order valence-electron chi connectivity index (χ0n) is 11.1. The van der Waals surface area contributed by atoms with E-state index in [4.69, 9.17) is 9.47 Å². The molecule has 0 spiro atoms. The summed E-state index contributed by atoms with van der Waals surface area (Å²) in [5.41, 5.74) is 1.08. The summed E-state index contributed by atoms with van der Waals surface area (Å²) in [4.78, 5) is 24.1. The van der Waals surface area contributed by atoms with E-state index >= 15 is 0 Å². The summed E-state index contributed by atoms with van der Waals surface area (Å²) in [6, 6.07) is 5.62. The number of imide groups is 1. The van der Waals surface area contributed by atoms with E-state index in [0.717, 1.165) is 5.56 Å². The maximum atomic E-state index is 11.4. The molecular formula is C14H17NO4. The summed E-state index contributed by atoms with van der Waals surface area (Å²) in [5, 5.41) is 0. The van der Waals surface area contributed by atoms with Gasteiger partial charge in [0.1, 0.15) is 6.61 Å². The first-order valence-electron chi connectivity index (χ1n) is 6.22. The molecule has 2 rings (SSSR count). The minimum absolute atomic E-state index is 0.121. The van der Waals surface area contributed by atoms with Gasteiger partial charge < -0.3 is 9.47 Å². The number of hydrogen-bond donors (Lipinski definition) is 0. The zero-order chi connectivity index (χ0) is 13.8. The average molecular weight is 263 g/mol. The van der Waals surface area contributed by atoms with E-state index in [1.54, 1.807) is 7.11 Å². The molecule has 1 saturated heterocycles. The normalized spacial score (nSPS) is 14.9. The minimum Gasteiger partial charge on any atom is -0.493 e. The molecular weight excluding hydrogens is 246 g/mol. The lowest BCUT2D eigenvalue weighted by atomic mass is 10.2. The molecule has 5 heteroatoms. The van der Waals surface area contributed by atoms with Crippen LogP contribution in [-0.4, -0.2) is 37.0 Å². The second-order valence-electron chi connectivity index (χ2n) is 4.44. The summed E-state index contributed by atoms with van der Waals surface area (Å²) in [7, 11) is 1.58. The van der Waals surface area contributed by atoms with Crippen LogP contribution in [0.15, 0.2) is 18.2 Å². The van der Waals surface area contributed by atoms with Crippen molar-refractivity contribution in [3.05, 3.63) is 23.8 Å². The molecule has 0 saturated carbocycles. The Kier molecular flexibility index (Phi) is 4.04. The Bertz CT molecular complexity index is 482. The zero-order valence-corrected chi connectivity index (χ0v) is 11.1. The number of amides is 2. The Morgan fingerprint density at radius 3 is 2.47 bits per heavy atom. The predicted molar refractivity (Wildman–Crippen MR) is 69.2 cm³/mol. The molecule has 1 aliphatic rings. The van der Waals surface area contributed by atoms with Gasteiger partial charge in [0.15, 0.2) is 11.5 Å². The summed E-state index contributed by atoms with van der Waals surface area (Å²) in [6.07, 6.45) is 0.624. The minimum atomic E-state index is -0.121. The highest BCUT2D eigenvalue weighted by Crippen LogP contribution is 2.27. The van der Waals surface area contributed by atoms with Crippen LogP contribution in [0, 0.1) is 6.92 Å². The SMILES string of the molecule is COc1cc(C)ccc1OCCN1C(=O)CCC1=O. The number of carbonyl (C=O) groups is 2. The highest BCUT2D eigenvalue weighted by Gasteiger charge is 2.28. The van der Waals surface area contributed by atoms with E-state index in [0.29, 0.717) is 24.3 Å². The molecule has 1 fully saturated rings. The monoisotopic (exact) mass is 263 g/mol. The Labute approximate surface area is 112 Å². The van der Waals surface area contributed by atoms with Crippen LogP contribution in [0.2, 0.25) is 0 Å². The first-order valence-corrected chi connectivity index (χ1v) is 6.22. The van der Waals surface area contributed by atoms with Gasteiger partial charge in [-0.1, -0.05) is 6.07 Å². The van der Waals surface area contributed by atoms with Crippen molar-refractivity contribution >= 4 is 11.8 Å². The van der Waals surface area contributed by atoms with E-state index < -0.39 is 0 Å². The fraction of sp³-hybridized carbons (Fsp3) is 0.429. The molecule has 102 valence electrons. The van der Waals surface area contributed by atoms with Crippen molar-refractivity contribution in [1.29, 1.82) is 0 Å². The first kappa shape index (κ1) is 13.4. The first-order chi connectivity index (χ1) is 9.11. The number of methoxy groups -OCH3 is 1. The molecule has 0 aromatic heterocycles. The van der Waals surface area contributed by atoms with Crippen LogP contribution in [0.5, 0.6) is 11.5 Å². The fourth-order valence-electron chi connectivity index (χ4n) is 2.01. The molecule has 0 aliphatic carbocycles. The topological polar surface area (TPSA) is 55.8 Å². The van der Waals surface area contributed by atoms with Crippen molar-refractivity contribution in [2.45, 2.75) is 19.8 Å². The van der Waals surface area contributed by atoms with E-state index in [1.165, 1.54) is 4.90 Å². The Balaban J connectivity index is 1.92. The Morgan fingerprint density at radius 2 is 1.84 bits per heavy atom. The summed E-state index contributed by atoms with van der Waals surface area (Å²) < 4.78 is 10.8. The van der Waals surface area contributed by atoms with Gasteiger partial charge in [0.2, 0.25) is 11.8 Å². The molecule has 0 unspecified atom stereocenters. The summed E-state index contributed by atoms with van der Waals surface area (Å²) >= 11 is 0. The third kappa shape index (κ3) is 3.05. The van der Waals surface area contributed by atoms with Gasteiger partial charge in [-0.05, 0) is 24.6 Å². The van der Waals surface area contributed by atoms with Crippen LogP contribution < -0.4 is 9.47 Å². The van der Waals surface area contributed by atoms with Crippen LogP contribution in [-0.2, 0) is 9.59 Å². The third-order valence-electron chi connectivity index (χ3n) is 3.05. The fourth-order valence-corrected chi connectivity index (χ4v) is 2.01. The number of carbonyl (C=O) groups excluding carboxylic acids is 2. The van der Waals surface area contributed by atoms with Crippen LogP contribution in [0.1, 0.15) is 18.4 Å². The van der Waals surface area contributed by atoms with E-state index in [1.807, 2.05) is 25.1 Å². The maximum absolute atomic E-state index is 11.4. The molecule has 19 heavy (non-hydrogen) atoms.